The molecule has 0 bridgehead atoms. The van der Waals surface area contributed by atoms with Crippen LogP contribution in [0.25, 0.3) is 0 Å². The van der Waals surface area contributed by atoms with Gasteiger partial charge in [0, 0.05) is 6.54 Å². The molecule has 0 aliphatic carbocycles. The maximum atomic E-state index is 12.3. The van der Waals surface area contributed by atoms with Crippen molar-refractivity contribution in [3.63, 3.8) is 0 Å². The van der Waals surface area contributed by atoms with Gasteiger partial charge < -0.3 is 5.32 Å². The van der Waals surface area contributed by atoms with Gasteiger partial charge in [0.2, 0.25) is 0 Å². The van der Waals surface area contributed by atoms with Crippen molar-refractivity contribution < 1.29 is 8.42 Å². The zero-order valence-electron chi connectivity index (χ0n) is 9.39. The molecule has 0 radical (unpaired) electrons. The lowest BCUT2D eigenvalue weighted by Gasteiger charge is -2.22. The fraction of sp³-hybridized carbons (Fsp3) is 0.417. The van der Waals surface area contributed by atoms with Crippen molar-refractivity contribution in [2.75, 3.05) is 13.1 Å². The van der Waals surface area contributed by atoms with Crippen LogP contribution >= 0.6 is 0 Å². The highest BCUT2D eigenvalue weighted by molar-refractivity contribution is 7.92. The smallest absolute Gasteiger partial charge is 0.182 e. The minimum atomic E-state index is -3.26. The van der Waals surface area contributed by atoms with Gasteiger partial charge in [-0.25, -0.2) is 8.42 Å². The van der Waals surface area contributed by atoms with Crippen LogP contribution in [0.3, 0.4) is 0 Å². The van der Waals surface area contributed by atoms with Crippen LogP contribution in [0.2, 0.25) is 0 Å². The van der Waals surface area contributed by atoms with E-state index in [9.17, 15) is 8.42 Å². The number of sulfone groups is 1. The highest BCUT2D eigenvalue weighted by Gasteiger charge is 2.28. The topological polar surface area (TPSA) is 70.0 Å². The van der Waals surface area contributed by atoms with E-state index in [4.69, 9.17) is 5.26 Å². The molecule has 2 rings (SSSR count). The van der Waals surface area contributed by atoms with Crippen LogP contribution in [0.5, 0.6) is 0 Å². The first kappa shape index (κ1) is 12.1. The second-order valence-corrected chi connectivity index (χ2v) is 6.38. The van der Waals surface area contributed by atoms with Crippen molar-refractivity contribution >= 4 is 9.84 Å². The maximum Gasteiger partial charge on any atom is 0.182 e. The standard InChI is InChI=1S/C12H14N2O2S/c13-8-10-3-5-11(6-4-10)17(15,16)12-2-1-7-14-9-12/h3-6,12,14H,1-2,7,9H2. The molecule has 1 unspecified atom stereocenters. The van der Waals surface area contributed by atoms with E-state index in [-0.39, 0.29) is 5.25 Å². The highest BCUT2D eigenvalue weighted by Crippen LogP contribution is 2.21. The Kier molecular flexibility index (Phi) is 3.46. The Morgan fingerprint density at radius 1 is 1.29 bits per heavy atom. The van der Waals surface area contributed by atoms with Gasteiger partial charge in [-0.15, -0.1) is 0 Å². The Balaban J connectivity index is 2.27. The Morgan fingerprint density at radius 3 is 2.53 bits per heavy atom. The Morgan fingerprint density at radius 2 is 2.00 bits per heavy atom. The zero-order valence-corrected chi connectivity index (χ0v) is 10.2. The summed E-state index contributed by atoms with van der Waals surface area (Å²) in [5.74, 6) is 0. The number of nitrogens with zero attached hydrogens (tertiary/aromatic N) is 1. The first-order valence-electron chi connectivity index (χ1n) is 5.59. The van der Waals surface area contributed by atoms with Gasteiger partial charge in [0.25, 0.3) is 0 Å². The summed E-state index contributed by atoms with van der Waals surface area (Å²) in [4.78, 5) is 0.310. The molecule has 1 aromatic rings. The fourth-order valence-electron chi connectivity index (χ4n) is 2.00. The molecule has 17 heavy (non-hydrogen) atoms. The molecule has 1 aliphatic heterocycles. The number of benzene rings is 1. The largest absolute Gasteiger partial charge is 0.315 e. The molecule has 1 aliphatic rings. The lowest BCUT2D eigenvalue weighted by molar-refractivity contribution is 0.497. The molecule has 4 nitrogen and oxygen atoms in total. The van der Waals surface area contributed by atoms with Gasteiger partial charge in [-0.3, -0.25) is 0 Å². The number of nitriles is 1. The lowest BCUT2D eigenvalue weighted by Crippen LogP contribution is -2.38. The molecule has 0 spiro atoms. The Hall–Kier alpha value is -1.38. The fourth-order valence-corrected chi connectivity index (χ4v) is 3.71. The predicted molar refractivity (Wildman–Crippen MR) is 64.2 cm³/mol. The van der Waals surface area contributed by atoms with Gasteiger partial charge in [0.1, 0.15) is 0 Å². The van der Waals surface area contributed by atoms with Crippen LogP contribution in [-0.2, 0) is 9.84 Å². The average molecular weight is 250 g/mol. The average Bonchev–Trinajstić information content (AvgIpc) is 2.40. The summed E-state index contributed by atoms with van der Waals surface area (Å²) in [6, 6.07) is 8.10. The molecular formula is C12H14N2O2S. The molecule has 1 atom stereocenters. The van der Waals surface area contributed by atoms with Crippen LogP contribution in [-0.4, -0.2) is 26.8 Å². The van der Waals surface area contributed by atoms with E-state index in [1.54, 1.807) is 12.1 Å². The van der Waals surface area contributed by atoms with Crippen molar-refractivity contribution in [3.05, 3.63) is 29.8 Å². The third-order valence-corrected chi connectivity index (χ3v) is 5.21. The van der Waals surface area contributed by atoms with E-state index < -0.39 is 9.84 Å². The minimum absolute atomic E-state index is 0.310. The molecule has 0 aromatic heterocycles. The summed E-state index contributed by atoms with van der Waals surface area (Å²) in [5.41, 5.74) is 0.478. The van der Waals surface area contributed by atoms with Crippen LogP contribution in [0.15, 0.2) is 29.2 Å². The lowest BCUT2D eigenvalue weighted by atomic mass is 10.2. The highest BCUT2D eigenvalue weighted by atomic mass is 32.2. The maximum absolute atomic E-state index is 12.3. The predicted octanol–water partition coefficient (Wildman–Crippen LogP) is 1.08. The number of rotatable bonds is 2. The van der Waals surface area contributed by atoms with Crippen LogP contribution < -0.4 is 5.32 Å². The quantitative estimate of drug-likeness (QED) is 0.852. The normalized spacial score (nSPS) is 20.8. The van der Waals surface area contributed by atoms with E-state index in [1.165, 1.54) is 12.1 Å². The van der Waals surface area contributed by atoms with Crippen LogP contribution in [0.4, 0.5) is 0 Å². The minimum Gasteiger partial charge on any atom is -0.315 e. The van der Waals surface area contributed by atoms with Crippen LogP contribution in [0, 0.1) is 11.3 Å². The molecule has 5 heteroatoms. The van der Waals surface area contributed by atoms with E-state index in [0.717, 1.165) is 13.0 Å². The van der Waals surface area contributed by atoms with Crippen molar-refractivity contribution in [2.24, 2.45) is 0 Å². The number of hydrogen-bond acceptors (Lipinski definition) is 4. The summed E-state index contributed by atoms with van der Waals surface area (Å²) in [6.07, 6.45) is 1.59. The number of nitrogens with one attached hydrogen (secondary N) is 1. The third kappa shape index (κ3) is 2.48. The second kappa shape index (κ2) is 4.86. The number of piperidine rings is 1. The Bertz CT molecular complexity index is 523. The molecule has 1 N–H and O–H groups in total. The van der Waals surface area contributed by atoms with Gasteiger partial charge >= 0.3 is 0 Å². The van der Waals surface area contributed by atoms with E-state index in [1.807, 2.05) is 6.07 Å². The van der Waals surface area contributed by atoms with Gasteiger partial charge in [-0.05, 0) is 43.7 Å². The molecule has 90 valence electrons. The molecule has 0 saturated carbocycles. The molecule has 1 aromatic carbocycles. The molecule has 1 fully saturated rings. The molecule has 0 amide bonds. The molecule has 1 saturated heterocycles. The third-order valence-electron chi connectivity index (χ3n) is 3.00. The number of hydrogen-bond donors (Lipinski definition) is 1. The van der Waals surface area contributed by atoms with Gasteiger partial charge in [-0.1, -0.05) is 0 Å². The van der Waals surface area contributed by atoms with Gasteiger partial charge in [0.05, 0.1) is 21.8 Å². The Labute approximate surface area is 101 Å². The molecular weight excluding hydrogens is 236 g/mol. The first-order chi connectivity index (χ1) is 8.14. The van der Waals surface area contributed by atoms with Crippen LogP contribution in [0.1, 0.15) is 18.4 Å². The van der Waals surface area contributed by atoms with E-state index in [0.29, 0.717) is 23.4 Å². The van der Waals surface area contributed by atoms with E-state index >= 15 is 0 Å². The zero-order chi connectivity index (χ0) is 12.3. The van der Waals surface area contributed by atoms with Crippen molar-refractivity contribution in [2.45, 2.75) is 23.0 Å². The molecule has 1 heterocycles. The summed E-state index contributed by atoms with van der Waals surface area (Å²) in [6.45, 7) is 1.40. The van der Waals surface area contributed by atoms with E-state index in [2.05, 4.69) is 5.32 Å². The summed E-state index contributed by atoms with van der Waals surface area (Å²) in [7, 11) is -3.26. The first-order valence-corrected chi connectivity index (χ1v) is 7.14. The summed E-state index contributed by atoms with van der Waals surface area (Å²) >= 11 is 0. The summed E-state index contributed by atoms with van der Waals surface area (Å²) < 4.78 is 24.5. The van der Waals surface area contributed by atoms with Gasteiger partial charge in [-0.2, -0.15) is 5.26 Å². The monoisotopic (exact) mass is 250 g/mol. The van der Waals surface area contributed by atoms with Crippen molar-refractivity contribution in [3.8, 4) is 6.07 Å². The summed E-state index contributed by atoms with van der Waals surface area (Å²) in [5, 5.41) is 11.4. The van der Waals surface area contributed by atoms with Crippen molar-refractivity contribution in [1.29, 1.82) is 5.26 Å². The second-order valence-electron chi connectivity index (χ2n) is 4.15. The van der Waals surface area contributed by atoms with Crippen molar-refractivity contribution in [1.82, 2.24) is 5.32 Å². The SMILES string of the molecule is N#Cc1ccc(S(=O)(=O)C2CCCNC2)cc1. The van der Waals surface area contributed by atoms with Gasteiger partial charge in [0.15, 0.2) is 9.84 Å².